The Hall–Kier alpha value is 0.660. The van der Waals surface area contributed by atoms with E-state index in [0.29, 0.717) is 0 Å². The number of rotatable bonds is 0. The molecule has 2 N–H and O–H groups in total. The van der Waals surface area contributed by atoms with Crippen molar-refractivity contribution >= 4 is 40.9 Å². The molecule has 1 nitrogen and oxygen atoms in total. The van der Waals surface area contributed by atoms with Crippen molar-refractivity contribution in [1.82, 2.24) is 0 Å². The molecule has 3 heteroatoms. The van der Waals surface area contributed by atoms with Crippen LogP contribution >= 0.6 is 11.3 Å². The summed E-state index contributed by atoms with van der Waals surface area (Å²) in [5.41, 5.74) is 0. The van der Waals surface area contributed by atoms with Gasteiger partial charge in [0.2, 0.25) is 0 Å². The Bertz CT molecular complexity index is 68.2. The van der Waals surface area contributed by atoms with Crippen molar-refractivity contribution in [3.8, 4) is 0 Å². The third kappa shape index (κ3) is 4.51. The third-order valence-electron chi connectivity index (χ3n) is 0.425. The van der Waals surface area contributed by atoms with Gasteiger partial charge in [0.15, 0.2) is 0 Å². The van der Waals surface area contributed by atoms with E-state index in [1.54, 1.807) is 11.3 Å². The van der Waals surface area contributed by atoms with Gasteiger partial charge in [-0.25, -0.2) is 0 Å². The zero-order chi connectivity index (χ0) is 3.54. The molecule has 0 fully saturated rings. The molecule has 0 aromatic carbocycles. The van der Waals surface area contributed by atoms with Crippen LogP contribution in [0.5, 0.6) is 0 Å². The molecule has 0 aliphatic heterocycles. The van der Waals surface area contributed by atoms with Crippen LogP contribution in [0, 0.1) is 0 Å². The van der Waals surface area contributed by atoms with E-state index in [0.717, 1.165) is 0 Å². The molecule has 36 valence electrons. The van der Waals surface area contributed by atoms with E-state index in [1.165, 1.54) is 0 Å². The number of hydrogen-bond donors (Lipinski definition) is 0. The normalized spacial score (nSPS) is 5.71. The maximum absolute atomic E-state index is 2.04. The molecule has 0 bridgehead atoms. The first-order valence-electron chi connectivity index (χ1n) is 1.47. The van der Waals surface area contributed by atoms with Crippen LogP contribution in [0.25, 0.3) is 0 Å². The van der Waals surface area contributed by atoms with E-state index in [2.05, 4.69) is 0 Å². The molecule has 0 aliphatic rings. The van der Waals surface area contributed by atoms with Crippen LogP contribution in [0.4, 0.5) is 0 Å². The topological polar surface area (TPSA) is 31.5 Å². The molecule has 1 aromatic heterocycles. The minimum absolute atomic E-state index is 0. The van der Waals surface area contributed by atoms with Gasteiger partial charge in [-0.2, -0.15) is 11.3 Å². The quantitative estimate of drug-likeness (QED) is 0.447. The fourth-order valence-electron chi connectivity index (χ4n) is 0.227. The number of thiophene rings is 1. The third-order valence-corrected chi connectivity index (χ3v) is 1.05. The SMILES string of the molecule is O.[NaH].c1ccsc1. The standard InChI is InChI=1S/C4H4S.Na.H2O.H/c1-2-4-5-3-1;;;/h1-4H;;1H2;. The second-order valence-corrected chi connectivity index (χ2v) is 1.61. The van der Waals surface area contributed by atoms with Gasteiger partial charge in [0.05, 0.1) is 0 Å². The van der Waals surface area contributed by atoms with E-state index in [9.17, 15) is 0 Å². The van der Waals surface area contributed by atoms with Crippen LogP contribution < -0.4 is 0 Å². The Labute approximate surface area is 69.0 Å². The summed E-state index contributed by atoms with van der Waals surface area (Å²) in [6.07, 6.45) is 0. The van der Waals surface area contributed by atoms with Gasteiger partial charge >= 0.3 is 29.6 Å². The molecule has 0 spiro atoms. The minimum Gasteiger partial charge on any atom is -0.152 e. The fourth-order valence-corrected chi connectivity index (χ4v) is 0.680. The first-order chi connectivity index (χ1) is 2.50. The summed E-state index contributed by atoms with van der Waals surface area (Å²) < 4.78 is 0. The maximum atomic E-state index is 2.04. The molecule has 0 saturated carbocycles. The first kappa shape index (κ1) is 10.6. The summed E-state index contributed by atoms with van der Waals surface area (Å²) >= 11 is 1.71. The molecule has 1 rings (SSSR count). The average molecular weight is 126 g/mol. The van der Waals surface area contributed by atoms with E-state index in [1.807, 2.05) is 22.9 Å². The van der Waals surface area contributed by atoms with Crippen molar-refractivity contribution in [1.29, 1.82) is 0 Å². The van der Waals surface area contributed by atoms with E-state index in [-0.39, 0.29) is 35.0 Å². The van der Waals surface area contributed by atoms with Crippen molar-refractivity contribution in [2.75, 3.05) is 0 Å². The van der Waals surface area contributed by atoms with Gasteiger partial charge < -0.3 is 5.48 Å². The second kappa shape index (κ2) is 6.66. The summed E-state index contributed by atoms with van der Waals surface area (Å²) in [6.45, 7) is 0. The Morgan fingerprint density at radius 1 is 1.00 bits per heavy atom. The average Bonchev–Trinajstić information content (AvgIpc) is 1.76. The van der Waals surface area contributed by atoms with E-state index < -0.39 is 0 Å². The van der Waals surface area contributed by atoms with Gasteiger partial charge in [0.25, 0.3) is 0 Å². The zero-order valence-corrected chi connectivity index (χ0v) is 4.03. The van der Waals surface area contributed by atoms with Gasteiger partial charge in [-0.1, -0.05) is 12.1 Å². The zero-order valence-electron chi connectivity index (χ0n) is 3.22. The number of hydrogen-bond acceptors (Lipinski definition) is 1. The van der Waals surface area contributed by atoms with Crippen molar-refractivity contribution < 1.29 is 5.48 Å². The Kier molecular flexibility index (Phi) is 10.1. The molecular formula is C4H7NaOS. The van der Waals surface area contributed by atoms with Crippen LogP contribution in [0.1, 0.15) is 0 Å². The summed E-state index contributed by atoms with van der Waals surface area (Å²) in [7, 11) is 0. The molecule has 0 saturated heterocycles. The fraction of sp³-hybridized carbons (Fsp3) is 0. The molecule has 0 unspecified atom stereocenters. The van der Waals surface area contributed by atoms with Crippen LogP contribution in [-0.2, 0) is 0 Å². The maximum Gasteiger partial charge on any atom is -0.00934 e. The van der Waals surface area contributed by atoms with Gasteiger partial charge in [-0.3, -0.25) is 0 Å². The van der Waals surface area contributed by atoms with Crippen molar-refractivity contribution in [2.45, 2.75) is 0 Å². The molecule has 1 heterocycles. The van der Waals surface area contributed by atoms with Crippen molar-refractivity contribution in [2.24, 2.45) is 0 Å². The molecule has 0 amide bonds. The smallest absolute Gasteiger partial charge is 0.00934 e. The summed E-state index contributed by atoms with van der Waals surface area (Å²) in [6, 6.07) is 4.04. The van der Waals surface area contributed by atoms with E-state index in [4.69, 9.17) is 0 Å². The van der Waals surface area contributed by atoms with Crippen molar-refractivity contribution in [3.63, 3.8) is 0 Å². The first-order valence-corrected chi connectivity index (χ1v) is 2.41. The molecule has 7 heavy (non-hydrogen) atoms. The molecule has 1 aromatic rings. The van der Waals surface area contributed by atoms with Gasteiger partial charge in [-0.05, 0) is 10.8 Å². The van der Waals surface area contributed by atoms with Crippen LogP contribution in [0.2, 0.25) is 0 Å². The second-order valence-electron chi connectivity index (χ2n) is 0.793. The molecule has 0 aliphatic carbocycles. The largest absolute Gasteiger partial charge is 0.152 e. The van der Waals surface area contributed by atoms with Crippen LogP contribution in [-0.4, -0.2) is 35.0 Å². The van der Waals surface area contributed by atoms with Gasteiger partial charge in [-0.15, -0.1) is 0 Å². The summed E-state index contributed by atoms with van der Waals surface area (Å²) in [5.74, 6) is 0. The predicted octanol–water partition coefficient (Wildman–Crippen LogP) is 0.275. The molecule has 0 radical (unpaired) electrons. The van der Waals surface area contributed by atoms with Gasteiger partial charge in [0, 0.05) is 0 Å². The molecular weight excluding hydrogens is 119 g/mol. The summed E-state index contributed by atoms with van der Waals surface area (Å²) in [5, 5.41) is 4.08. The summed E-state index contributed by atoms with van der Waals surface area (Å²) in [4.78, 5) is 0. The minimum atomic E-state index is 0. The Balaban J connectivity index is 0. The van der Waals surface area contributed by atoms with Gasteiger partial charge in [0.1, 0.15) is 0 Å². The van der Waals surface area contributed by atoms with Crippen LogP contribution in [0.3, 0.4) is 0 Å². The monoisotopic (exact) mass is 126 g/mol. The predicted molar refractivity (Wildman–Crippen MR) is 35.1 cm³/mol. The Morgan fingerprint density at radius 3 is 1.57 bits per heavy atom. The van der Waals surface area contributed by atoms with Crippen LogP contribution in [0.15, 0.2) is 22.9 Å². The van der Waals surface area contributed by atoms with Crippen molar-refractivity contribution in [3.05, 3.63) is 22.9 Å². The Morgan fingerprint density at radius 2 is 1.43 bits per heavy atom. The van der Waals surface area contributed by atoms with E-state index >= 15 is 0 Å². The molecule has 0 atom stereocenters.